The Hall–Kier alpha value is -1.03. The highest BCUT2D eigenvalue weighted by atomic mass is 16.5. The minimum absolute atomic E-state index is 0.621. The van der Waals surface area contributed by atoms with Gasteiger partial charge in [-0.05, 0) is 32.1 Å². The van der Waals surface area contributed by atoms with Crippen molar-refractivity contribution in [2.45, 2.75) is 45.6 Å². The van der Waals surface area contributed by atoms with Crippen LogP contribution >= 0.6 is 0 Å². The molecule has 1 fully saturated rings. The molecule has 102 valence electrons. The van der Waals surface area contributed by atoms with E-state index in [9.17, 15) is 0 Å². The number of nitrogens with one attached hydrogen (secondary N) is 1. The largest absolute Gasteiger partial charge is 0.385 e. The average molecular weight is 251 g/mol. The van der Waals surface area contributed by atoms with Crippen molar-refractivity contribution in [3.05, 3.63) is 11.9 Å². The van der Waals surface area contributed by atoms with E-state index in [-0.39, 0.29) is 0 Å². The third-order valence-electron chi connectivity index (χ3n) is 3.83. The molecule has 4 nitrogen and oxygen atoms in total. The van der Waals surface area contributed by atoms with Crippen molar-refractivity contribution in [3.63, 3.8) is 0 Å². The van der Waals surface area contributed by atoms with Crippen molar-refractivity contribution in [1.82, 2.24) is 9.55 Å². The minimum Gasteiger partial charge on any atom is -0.385 e. The van der Waals surface area contributed by atoms with Crippen LogP contribution in [0, 0.1) is 12.8 Å². The maximum absolute atomic E-state index is 5.06. The van der Waals surface area contributed by atoms with Crippen LogP contribution in [0.5, 0.6) is 0 Å². The lowest BCUT2D eigenvalue weighted by molar-refractivity contribution is 0.197. The van der Waals surface area contributed by atoms with Crippen LogP contribution in [0.15, 0.2) is 6.20 Å². The summed E-state index contributed by atoms with van der Waals surface area (Å²) in [5.41, 5.74) is 1.10. The summed E-state index contributed by atoms with van der Waals surface area (Å²) in [5, 5.41) is 3.44. The summed E-state index contributed by atoms with van der Waals surface area (Å²) >= 11 is 0. The van der Waals surface area contributed by atoms with E-state index in [0.29, 0.717) is 6.04 Å². The molecule has 2 unspecified atom stereocenters. The van der Waals surface area contributed by atoms with Crippen LogP contribution in [0.4, 0.5) is 5.95 Å². The van der Waals surface area contributed by atoms with Crippen molar-refractivity contribution in [3.8, 4) is 0 Å². The molecule has 1 aliphatic rings. The fourth-order valence-electron chi connectivity index (χ4n) is 2.86. The standard InChI is InChI=1S/C14H25N3O/c1-11-6-4-7-13(11)17-10-12(2)16-14(17)15-8-5-9-18-3/h10-11,13H,4-9H2,1-3H3,(H,15,16). The molecule has 1 heterocycles. The Morgan fingerprint density at radius 2 is 2.33 bits per heavy atom. The van der Waals surface area contributed by atoms with Gasteiger partial charge >= 0.3 is 0 Å². The van der Waals surface area contributed by atoms with Gasteiger partial charge in [-0.1, -0.05) is 13.3 Å². The van der Waals surface area contributed by atoms with E-state index in [1.807, 2.05) is 0 Å². The highest BCUT2D eigenvalue weighted by Crippen LogP contribution is 2.37. The highest BCUT2D eigenvalue weighted by Gasteiger charge is 2.26. The molecule has 0 aromatic carbocycles. The van der Waals surface area contributed by atoms with Crippen molar-refractivity contribution in [2.24, 2.45) is 5.92 Å². The Bertz CT molecular complexity index is 375. The Kier molecular flexibility index (Phi) is 4.64. The smallest absolute Gasteiger partial charge is 0.203 e. The first-order chi connectivity index (χ1) is 8.72. The minimum atomic E-state index is 0.621. The van der Waals surface area contributed by atoms with Gasteiger partial charge in [0.2, 0.25) is 5.95 Å². The van der Waals surface area contributed by atoms with Crippen molar-refractivity contribution in [1.29, 1.82) is 0 Å². The summed E-state index contributed by atoms with van der Waals surface area (Å²) in [7, 11) is 1.74. The number of imidazole rings is 1. The molecule has 1 aliphatic carbocycles. The van der Waals surface area contributed by atoms with Gasteiger partial charge in [0.1, 0.15) is 0 Å². The molecule has 0 radical (unpaired) electrons. The van der Waals surface area contributed by atoms with E-state index >= 15 is 0 Å². The van der Waals surface area contributed by atoms with E-state index in [4.69, 9.17) is 4.74 Å². The van der Waals surface area contributed by atoms with Crippen LogP contribution in [0.3, 0.4) is 0 Å². The number of aromatic nitrogens is 2. The second-order valence-corrected chi connectivity index (χ2v) is 5.36. The lowest BCUT2D eigenvalue weighted by Gasteiger charge is -2.20. The summed E-state index contributed by atoms with van der Waals surface area (Å²) in [4.78, 5) is 4.60. The second kappa shape index (κ2) is 6.23. The predicted octanol–water partition coefficient (Wildman–Crippen LogP) is 3.00. The fourth-order valence-corrected chi connectivity index (χ4v) is 2.86. The Morgan fingerprint density at radius 1 is 1.50 bits per heavy atom. The molecule has 0 spiro atoms. The van der Waals surface area contributed by atoms with Crippen LogP contribution < -0.4 is 5.32 Å². The topological polar surface area (TPSA) is 39.1 Å². The SMILES string of the molecule is COCCCNc1nc(C)cn1C1CCCC1C. The molecule has 1 aromatic heterocycles. The van der Waals surface area contributed by atoms with Gasteiger partial charge in [-0.2, -0.15) is 0 Å². The predicted molar refractivity (Wildman–Crippen MR) is 74.0 cm³/mol. The molecule has 2 atom stereocenters. The molecule has 0 aliphatic heterocycles. The van der Waals surface area contributed by atoms with E-state index in [1.54, 1.807) is 7.11 Å². The molecular formula is C14H25N3O. The zero-order valence-corrected chi connectivity index (χ0v) is 11.8. The van der Waals surface area contributed by atoms with Crippen LogP contribution in [-0.4, -0.2) is 29.8 Å². The molecular weight excluding hydrogens is 226 g/mol. The van der Waals surface area contributed by atoms with Gasteiger partial charge in [0.25, 0.3) is 0 Å². The number of anilines is 1. The first-order valence-electron chi connectivity index (χ1n) is 7.00. The second-order valence-electron chi connectivity index (χ2n) is 5.36. The molecule has 1 N–H and O–H groups in total. The van der Waals surface area contributed by atoms with Gasteiger partial charge in [-0.3, -0.25) is 0 Å². The average Bonchev–Trinajstić information content (AvgIpc) is 2.91. The molecule has 2 rings (SSSR count). The molecule has 4 heteroatoms. The summed E-state index contributed by atoms with van der Waals surface area (Å²) in [5.74, 6) is 1.79. The number of methoxy groups -OCH3 is 1. The monoisotopic (exact) mass is 251 g/mol. The number of hydrogen-bond donors (Lipinski definition) is 1. The number of rotatable bonds is 6. The normalized spacial score (nSPS) is 23.5. The van der Waals surface area contributed by atoms with Gasteiger partial charge in [0.15, 0.2) is 0 Å². The lowest BCUT2D eigenvalue weighted by Crippen LogP contribution is -2.16. The number of nitrogens with zero attached hydrogens (tertiary/aromatic N) is 2. The van der Waals surface area contributed by atoms with E-state index in [1.165, 1.54) is 19.3 Å². The van der Waals surface area contributed by atoms with Crippen LogP contribution in [0.25, 0.3) is 0 Å². The van der Waals surface area contributed by atoms with E-state index < -0.39 is 0 Å². The van der Waals surface area contributed by atoms with Gasteiger partial charge in [0, 0.05) is 32.5 Å². The Labute approximate surface area is 110 Å². The molecule has 18 heavy (non-hydrogen) atoms. The molecule has 1 aromatic rings. The van der Waals surface area contributed by atoms with Crippen LogP contribution in [0.2, 0.25) is 0 Å². The van der Waals surface area contributed by atoms with Crippen molar-refractivity contribution < 1.29 is 4.74 Å². The number of aryl methyl sites for hydroxylation is 1. The third kappa shape index (κ3) is 3.05. The Morgan fingerprint density at radius 3 is 3.00 bits per heavy atom. The fraction of sp³-hybridized carbons (Fsp3) is 0.786. The maximum atomic E-state index is 5.06. The van der Waals surface area contributed by atoms with Crippen LogP contribution in [-0.2, 0) is 4.74 Å². The van der Waals surface area contributed by atoms with Gasteiger partial charge in [-0.15, -0.1) is 0 Å². The molecule has 0 amide bonds. The van der Waals surface area contributed by atoms with E-state index in [2.05, 4.69) is 34.9 Å². The van der Waals surface area contributed by atoms with Crippen molar-refractivity contribution in [2.75, 3.05) is 25.6 Å². The van der Waals surface area contributed by atoms with Gasteiger partial charge in [0.05, 0.1) is 5.69 Å². The summed E-state index contributed by atoms with van der Waals surface area (Å²) in [6.45, 7) is 6.13. The zero-order valence-electron chi connectivity index (χ0n) is 11.8. The highest BCUT2D eigenvalue weighted by molar-refractivity contribution is 5.29. The molecule has 1 saturated carbocycles. The number of ether oxygens (including phenoxy) is 1. The summed E-state index contributed by atoms with van der Waals surface area (Å²) in [6.07, 6.45) is 7.16. The molecule has 0 saturated heterocycles. The Balaban J connectivity index is 2.00. The van der Waals surface area contributed by atoms with Crippen LogP contribution in [0.1, 0.15) is 44.3 Å². The summed E-state index contributed by atoms with van der Waals surface area (Å²) in [6, 6.07) is 0.621. The maximum Gasteiger partial charge on any atom is 0.203 e. The molecule has 0 bridgehead atoms. The number of hydrogen-bond acceptors (Lipinski definition) is 3. The quantitative estimate of drug-likeness (QED) is 0.790. The third-order valence-corrected chi connectivity index (χ3v) is 3.83. The van der Waals surface area contributed by atoms with Gasteiger partial charge in [-0.25, -0.2) is 4.98 Å². The first kappa shape index (κ1) is 13.4. The summed E-state index contributed by atoms with van der Waals surface area (Å²) < 4.78 is 7.41. The van der Waals surface area contributed by atoms with E-state index in [0.717, 1.165) is 37.1 Å². The van der Waals surface area contributed by atoms with Gasteiger partial charge < -0.3 is 14.6 Å². The first-order valence-corrected chi connectivity index (χ1v) is 7.00. The lowest BCUT2D eigenvalue weighted by atomic mass is 10.1. The zero-order chi connectivity index (χ0) is 13.0. The van der Waals surface area contributed by atoms with Crippen molar-refractivity contribution >= 4 is 5.95 Å².